The molecular formula is C5H14N3O+. The smallest absolute Gasteiger partial charge is 0.314 e. The third-order valence-corrected chi connectivity index (χ3v) is 0.800. The maximum atomic E-state index is 10.6. The van der Waals surface area contributed by atoms with Gasteiger partial charge in [-0.15, -0.1) is 0 Å². The number of carbonyl (C=O) groups is 1. The van der Waals surface area contributed by atoms with E-state index in [1.807, 2.05) is 6.92 Å². The molecule has 0 aliphatic rings. The van der Waals surface area contributed by atoms with Crippen molar-refractivity contribution >= 4 is 6.03 Å². The number of rotatable bonds is 3. The molecule has 4 heteroatoms. The first kappa shape index (κ1) is 8.23. The molecule has 0 heterocycles. The molecule has 0 saturated carbocycles. The average molecular weight is 132 g/mol. The molecule has 0 atom stereocenters. The second-order valence-electron chi connectivity index (χ2n) is 1.64. The minimum absolute atomic E-state index is 0.110. The van der Waals surface area contributed by atoms with Gasteiger partial charge in [0.25, 0.3) is 0 Å². The van der Waals surface area contributed by atoms with Crippen LogP contribution in [0.15, 0.2) is 0 Å². The Hall–Kier alpha value is -0.770. The van der Waals surface area contributed by atoms with Gasteiger partial charge >= 0.3 is 6.03 Å². The van der Waals surface area contributed by atoms with Gasteiger partial charge in [-0.3, -0.25) is 0 Å². The summed E-state index contributed by atoms with van der Waals surface area (Å²) in [7, 11) is 0. The second-order valence-corrected chi connectivity index (χ2v) is 1.64. The average Bonchev–Trinajstić information content (AvgIpc) is 1.85. The molecule has 0 fully saturated rings. The number of nitrogens with one attached hydrogen (secondary N) is 2. The Labute approximate surface area is 54.8 Å². The molecule has 0 saturated heterocycles. The zero-order valence-electron chi connectivity index (χ0n) is 5.74. The lowest BCUT2D eigenvalue weighted by Gasteiger charge is -2.00. The largest absolute Gasteiger partial charge is 0.356 e. The fraction of sp³-hybridized carbons (Fsp3) is 0.800. The van der Waals surface area contributed by atoms with Crippen molar-refractivity contribution in [2.24, 2.45) is 0 Å². The van der Waals surface area contributed by atoms with Gasteiger partial charge in [-0.2, -0.15) is 0 Å². The summed E-state index contributed by atoms with van der Waals surface area (Å²) in [6.07, 6.45) is 0. The quantitative estimate of drug-likeness (QED) is 0.432. The topological polar surface area (TPSA) is 68.8 Å². The third kappa shape index (κ3) is 5.10. The number of quaternary nitrogens is 1. The van der Waals surface area contributed by atoms with Gasteiger partial charge in [-0.05, 0) is 6.92 Å². The molecule has 9 heavy (non-hydrogen) atoms. The zero-order chi connectivity index (χ0) is 7.11. The lowest BCUT2D eigenvalue weighted by molar-refractivity contribution is -0.364. The van der Waals surface area contributed by atoms with Gasteiger partial charge in [0.2, 0.25) is 0 Å². The molecule has 0 radical (unpaired) electrons. The Morgan fingerprint density at radius 2 is 2.22 bits per heavy atom. The predicted molar refractivity (Wildman–Crippen MR) is 34.8 cm³/mol. The van der Waals surface area contributed by atoms with E-state index >= 15 is 0 Å². The highest BCUT2D eigenvalue weighted by atomic mass is 16.2. The molecular weight excluding hydrogens is 118 g/mol. The summed E-state index contributed by atoms with van der Waals surface area (Å²) in [6, 6.07) is -0.110. The Bertz CT molecular complexity index is 84.3. The molecule has 0 aromatic rings. The van der Waals surface area contributed by atoms with Crippen LogP contribution in [-0.4, -0.2) is 25.7 Å². The predicted octanol–water partition coefficient (Wildman–Crippen LogP) is -1.45. The van der Waals surface area contributed by atoms with Gasteiger partial charge in [-0.25, -0.2) is 4.79 Å². The molecule has 0 rings (SSSR count). The molecule has 0 unspecified atom stereocenters. The van der Waals surface area contributed by atoms with Gasteiger partial charge in [0, 0.05) is 6.54 Å². The number of urea groups is 1. The molecule has 0 bridgehead atoms. The van der Waals surface area contributed by atoms with Crippen LogP contribution in [0.5, 0.6) is 0 Å². The van der Waals surface area contributed by atoms with Gasteiger partial charge < -0.3 is 16.4 Å². The van der Waals surface area contributed by atoms with Crippen LogP contribution < -0.4 is 16.4 Å². The van der Waals surface area contributed by atoms with Crippen LogP contribution in [0, 0.1) is 0 Å². The standard InChI is InChI=1S/C5H13N3O/c1-2-7-5(9)8-4-3-6/h2-4,6H2,1H3,(H2,7,8,9)/p+1. The number of amides is 2. The molecule has 0 aliphatic heterocycles. The van der Waals surface area contributed by atoms with E-state index in [0.29, 0.717) is 13.1 Å². The van der Waals surface area contributed by atoms with Crippen molar-refractivity contribution in [2.45, 2.75) is 6.92 Å². The maximum Gasteiger partial charge on any atom is 0.314 e. The number of carbonyl (C=O) groups excluding carboxylic acids is 1. The Morgan fingerprint density at radius 3 is 2.67 bits per heavy atom. The van der Waals surface area contributed by atoms with Crippen molar-refractivity contribution < 1.29 is 10.5 Å². The van der Waals surface area contributed by atoms with Crippen molar-refractivity contribution in [1.82, 2.24) is 10.6 Å². The SMILES string of the molecule is CCNC(=O)NCC[NH3+]. The monoisotopic (exact) mass is 132 g/mol. The summed E-state index contributed by atoms with van der Waals surface area (Å²) < 4.78 is 0. The first-order valence-corrected chi connectivity index (χ1v) is 3.12. The van der Waals surface area contributed by atoms with E-state index in [0.717, 1.165) is 6.54 Å². The molecule has 54 valence electrons. The summed E-state index contributed by atoms with van der Waals surface area (Å²) in [5, 5.41) is 5.22. The summed E-state index contributed by atoms with van der Waals surface area (Å²) >= 11 is 0. The molecule has 0 aliphatic carbocycles. The normalized spacial score (nSPS) is 8.67. The van der Waals surface area contributed by atoms with Crippen LogP contribution in [0.2, 0.25) is 0 Å². The van der Waals surface area contributed by atoms with Gasteiger partial charge in [-0.1, -0.05) is 0 Å². The maximum absolute atomic E-state index is 10.6. The summed E-state index contributed by atoms with van der Waals surface area (Å²) in [5.74, 6) is 0. The van der Waals surface area contributed by atoms with E-state index in [1.165, 1.54) is 0 Å². The minimum atomic E-state index is -0.110. The number of hydrogen-bond acceptors (Lipinski definition) is 1. The third-order valence-electron chi connectivity index (χ3n) is 0.800. The Kier molecular flexibility index (Phi) is 4.91. The highest BCUT2D eigenvalue weighted by molar-refractivity contribution is 5.73. The van der Waals surface area contributed by atoms with E-state index in [1.54, 1.807) is 0 Å². The molecule has 4 nitrogen and oxygen atoms in total. The first-order valence-electron chi connectivity index (χ1n) is 3.12. The van der Waals surface area contributed by atoms with E-state index in [2.05, 4.69) is 16.4 Å². The Morgan fingerprint density at radius 1 is 1.56 bits per heavy atom. The molecule has 0 spiro atoms. The summed E-state index contributed by atoms with van der Waals surface area (Å²) in [6.45, 7) is 3.93. The van der Waals surface area contributed by atoms with Gasteiger partial charge in [0.05, 0.1) is 13.1 Å². The van der Waals surface area contributed by atoms with E-state index in [9.17, 15) is 4.79 Å². The van der Waals surface area contributed by atoms with Gasteiger partial charge in [0.1, 0.15) is 0 Å². The van der Waals surface area contributed by atoms with Crippen LogP contribution in [-0.2, 0) is 0 Å². The van der Waals surface area contributed by atoms with Crippen LogP contribution >= 0.6 is 0 Å². The molecule has 5 N–H and O–H groups in total. The summed E-state index contributed by atoms with van der Waals surface area (Å²) in [5.41, 5.74) is 3.58. The highest BCUT2D eigenvalue weighted by Crippen LogP contribution is 1.60. The van der Waals surface area contributed by atoms with Crippen molar-refractivity contribution in [3.8, 4) is 0 Å². The van der Waals surface area contributed by atoms with Gasteiger partial charge in [0.15, 0.2) is 0 Å². The lowest BCUT2D eigenvalue weighted by Crippen LogP contribution is -2.55. The van der Waals surface area contributed by atoms with Crippen LogP contribution in [0.3, 0.4) is 0 Å². The van der Waals surface area contributed by atoms with E-state index in [4.69, 9.17) is 0 Å². The molecule has 0 aromatic carbocycles. The van der Waals surface area contributed by atoms with Crippen molar-refractivity contribution in [3.05, 3.63) is 0 Å². The van der Waals surface area contributed by atoms with Crippen LogP contribution in [0.4, 0.5) is 4.79 Å². The molecule has 0 aromatic heterocycles. The molecule has 2 amide bonds. The fourth-order valence-corrected chi connectivity index (χ4v) is 0.425. The zero-order valence-corrected chi connectivity index (χ0v) is 5.74. The highest BCUT2D eigenvalue weighted by Gasteiger charge is 1.93. The fourth-order valence-electron chi connectivity index (χ4n) is 0.425. The van der Waals surface area contributed by atoms with Crippen molar-refractivity contribution in [2.75, 3.05) is 19.6 Å². The van der Waals surface area contributed by atoms with Crippen LogP contribution in [0.1, 0.15) is 6.92 Å². The number of hydrogen-bond donors (Lipinski definition) is 3. The second kappa shape index (κ2) is 5.37. The van der Waals surface area contributed by atoms with E-state index in [-0.39, 0.29) is 6.03 Å². The van der Waals surface area contributed by atoms with Crippen molar-refractivity contribution in [3.63, 3.8) is 0 Å². The minimum Gasteiger partial charge on any atom is -0.356 e. The lowest BCUT2D eigenvalue weighted by atomic mass is 10.6. The van der Waals surface area contributed by atoms with Crippen molar-refractivity contribution in [1.29, 1.82) is 0 Å². The summed E-state index contributed by atoms with van der Waals surface area (Å²) in [4.78, 5) is 10.6. The van der Waals surface area contributed by atoms with Crippen LogP contribution in [0.25, 0.3) is 0 Å². The first-order chi connectivity index (χ1) is 4.31. The van der Waals surface area contributed by atoms with E-state index < -0.39 is 0 Å². The Balaban J connectivity index is 3.06.